The number of nitrogens with zero attached hydrogens (tertiary/aromatic N) is 4. The van der Waals surface area contributed by atoms with Crippen molar-refractivity contribution in [2.24, 2.45) is 0 Å². The molecule has 1 aliphatic heterocycles. The summed E-state index contributed by atoms with van der Waals surface area (Å²) in [5, 5.41) is 8.56. The smallest absolute Gasteiger partial charge is 0.147 e. The zero-order valence-corrected chi connectivity index (χ0v) is 10.5. The van der Waals surface area contributed by atoms with E-state index in [-0.39, 0.29) is 0 Å². The third-order valence-corrected chi connectivity index (χ3v) is 3.18. The van der Waals surface area contributed by atoms with Crippen molar-refractivity contribution in [1.82, 2.24) is 20.2 Å². The van der Waals surface area contributed by atoms with Gasteiger partial charge < -0.3 is 4.74 Å². The Morgan fingerprint density at radius 2 is 1.80 bits per heavy atom. The average molecular weight is 262 g/mol. The van der Waals surface area contributed by atoms with Gasteiger partial charge in [0.15, 0.2) is 0 Å². The number of pyridine rings is 2. The van der Waals surface area contributed by atoms with Crippen molar-refractivity contribution in [3.63, 3.8) is 0 Å². The van der Waals surface area contributed by atoms with Gasteiger partial charge in [-0.1, -0.05) is 6.07 Å². The normalized spacial score (nSPS) is 12.2. The third-order valence-electron chi connectivity index (χ3n) is 3.18. The molecular weight excluding hydrogens is 252 g/mol. The molecule has 0 atom stereocenters. The van der Waals surface area contributed by atoms with E-state index in [1.54, 1.807) is 12.4 Å². The van der Waals surface area contributed by atoms with Crippen LogP contribution in [0.2, 0.25) is 0 Å². The lowest BCUT2D eigenvalue weighted by atomic mass is 10.1. The molecule has 5 nitrogen and oxygen atoms in total. The highest BCUT2D eigenvalue weighted by Gasteiger charge is 2.21. The Kier molecular flexibility index (Phi) is 2.42. The van der Waals surface area contributed by atoms with Gasteiger partial charge >= 0.3 is 0 Å². The van der Waals surface area contributed by atoms with E-state index < -0.39 is 0 Å². The second-order valence-electron chi connectivity index (χ2n) is 4.46. The van der Waals surface area contributed by atoms with Crippen LogP contribution in [0.3, 0.4) is 0 Å². The number of aromatic nitrogens is 4. The van der Waals surface area contributed by atoms with Crippen LogP contribution in [0.5, 0.6) is 5.75 Å². The van der Waals surface area contributed by atoms with Crippen LogP contribution >= 0.6 is 0 Å². The summed E-state index contributed by atoms with van der Waals surface area (Å²) in [4.78, 5) is 8.60. The van der Waals surface area contributed by atoms with Crippen molar-refractivity contribution in [1.29, 1.82) is 0 Å². The summed E-state index contributed by atoms with van der Waals surface area (Å²) in [5.41, 5.74) is 4.05. The summed E-state index contributed by atoms with van der Waals surface area (Å²) in [6.45, 7) is 0.476. The van der Waals surface area contributed by atoms with Crippen molar-refractivity contribution in [3.05, 3.63) is 54.4 Å². The molecule has 20 heavy (non-hydrogen) atoms. The average Bonchev–Trinajstić information content (AvgIpc) is 2.55. The lowest BCUT2D eigenvalue weighted by Gasteiger charge is -2.18. The van der Waals surface area contributed by atoms with E-state index in [9.17, 15) is 0 Å². The minimum atomic E-state index is 0.476. The van der Waals surface area contributed by atoms with Crippen molar-refractivity contribution >= 4 is 0 Å². The maximum atomic E-state index is 5.69. The van der Waals surface area contributed by atoms with Gasteiger partial charge in [0.2, 0.25) is 0 Å². The van der Waals surface area contributed by atoms with Gasteiger partial charge in [-0.3, -0.25) is 9.97 Å². The number of rotatable bonds is 1. The minimum Gasteiger partial charge on any atom is -0.486 e. The van der Waals surface area contributed by atoms with E-state index in [1.165, 1.54) is 0 Å². The minimum absolute atomic E-state index is 0.476. The van der Waals surface area contributed by atoms with Gasteiger partial charge in [-0.25, -0.2) is 0 Å². The van der Waals surface area contributed by atoms with Crippen LogP contribution in [0.25, 0.3) is 22.8 Å². The molecule has 1 aliphatic rings. The van der Waals surface area contributed by atoms with Crippen LogP contribution in [-0.2, 0) is 6.61 Å². The van der Waals surface area contributed by atoms with Crippen LogP contribution < -0.4 is 4.74 Å². The van der Waals surface area contributed by atoms with Crippen LogP contribution in [0.15, 0.2) is 48.8 Å². The molecule has 4 rings (SSSR count). The Labute approximate surface area is 115 Å². The lowest BCUT2D eigenvalue weighted by molar-refractivity contribution is 0.299. The molecule has 3 aromatic heterocycles. The van der Waals surface area contributed by atoms with E-state index in [2.05, 4.69) is 20.2 Å². The highest BCUT2D eigenvalue weighted by Crippen LogP contribution is 2.34. The van der Waals surface area contributed by atoms with Gasteiger partial charge in [0.1, 0.15) is 29.4 Å². The molecule has 0 spiro atoms. The summed E-state index contributed by atoms with van der Waals surface area (Å²) in [6, 6.07) is 11.4. The Morgan fingerprint density at radius 1 is 0.850 bits per heavy atom. The predicted octanol–water partition coefficient (Wildman–Crippen LogP) is 2.49. The first-order valence-electron chi connectivity index (χ1n) is 6.28. The maximum Gasteiger partial charge on any atom is 0.147 e. The number of fused-ring (bicyclic) bond motifs is 3. The highest BCUT2D eigenvalue weighted by molar-refractivity contribution is 5.69. The molecule has 0 saturated heterocycles. The van der Waals surface area contributed by atoms with Gasteiger partial charge in [0.05, 0.1) is 5.69 Å². The van der Waals surface area contributed by atoms with Crippen LogP contribution in [0, 0.1) is 0 Å². The fourth-order valence-corrected chi connectivity index (χ4v) is 2.22. The first kappa shape index (κ1) is 11.0. The monoisotopic (exact) mass is 262 g/mol. The molecule has 0 aromatic carbocycles. The predicted molar refractivity (Wildman–Crippen MR) is 72.8 cm³/mol. The van der Waals surface area contributed by atoms with Crippen LogP contribution in [-0.4, -0.2) is 20.2 Å². The zero-order chi connectivity index (χ0) is 13.4. The van der Waals surface area contributed by atoms with Gasteiger partial charge in [-0.15, -0.1) is 10.2 Å². The van der Waals surface area contributed by atoms with Gasteiger partial charge in [-0.2, -0.15) is 0 Å². The molecule has 0 fully saturated rings. The van der Waals surface area contributed by atoms with Crippen LogP contribution in [0.1, 0.15) is 5.56 Å². The Bertz CT molecular complexity index is 774. The second kappa shape index (κ2) is 4.38. The summed E-state index contributed by atoms with van der Waals surface area (Å²) >= 11 is 0. The maximum absolute atomic E-state index is 5.69. The number of ether oxygens (including phenoxy) is 1. The van der Waals surface area contributed by atoms with E-state index in [4.69, 9.17) is 4.74 Å². The van der Waals surface area contributed by atoms with Crippen molar-refractivity contribution < 1.29 is 4.74 Å². The molecule has 0 saturated carbocycles. The molecule has 4 heterocycles. The molecule has 5 heteroatoms. The molecule has 0 bridgehead atoms. The molecule has 0 unspecified atom stereocenters. The van der Waals surface area contributed by atoms with Gasteiger partial charge in [0.25, 0.3) is 0 Å². The Balaban J connectivity index is 1.85. The number of hydrogen-bond acceptors (Lipinski definition) is 5. The summed E-state index contributed by atoms with van der Waals surface area (Å²) in [7, 11) is 0. The van der Waals surface area contributed by atoms with E-state index in [0.29, 0.717) is 6.61 Å². The lowest BCUT2D eigenvalue weighted by Crippen LogP contribution is -2.09. The van der Waals surface area contributed by atoms with E-state index in [1.807, 2.05) is 36.4 Å². The fraction of sp³-hybridized carbons (Fsp3) is 0.0667. The molecule has 0 radical (unpaired) electrons. The quantitative estimate of drug-likeness (QED) is 0.674. The number of hydrogen-bond donors (Lipinski definition) is 0. The summed E-state index contributed by atoms with van der Waals surface area (Å²) in [6.07, 6.45) is 3.47. The summed E-state index contributed by atoms with van der Waals surface area (Å²) in [5.74, 6) is 0.750. The molecule has 0 N–H and O–H groups in total. The van der Waals surface area contributed by atoms with Crippen molar-refractivity contribution in [3.8, 4) is 28.5 Å². The van der Waals surface area contributed by atoms with Crippen LogP contribution in [0.4, 0.5) is 0 Å². The van der Waals surface area contributed by atoms with Crippen molar-refractivity contribution in [2.45, 2.75) is 6.61 Å². The van der Waals surface area contributed by atoms with E-state index >= 15 is 0 Å². The van der Waals surface area contributed by atoms with Crippen molar-refractivity contribution in [2.75, 3.05) is 0 Å². The topological polar surface area (TPSA) is 60.8 Å². The molecule has 0 amide bonds. The molecule has 0 aliphatic carbocycles. The molecule has 3 aromatic rings. The SMILES string of the molecule is c1ccc(-c2cc3c(nn2)-c2ncccc2OC3)nc1. The Hall–Kier alpha value is -2.82. The highest BCUT2D eigenvalue weighted by atomic mass is 16.5. The molecule has 96 valence electrons. The summed E-state index contributed by atoms with van der Waals surface area (Å²) < 4.78 is 5.69. The van der Waals surface area contributed by atoms with Gasteiger partial charge in [-0.05, 0) is 30.3 Å². The van der Waals surface area contributed by atoms with E-state index in [0.717, 1.165) is 34.1 Å². The van der Waals surface area contributed by atoms with Gasteiger partial charge in [0, 0.05) is 18.0 Å². The fourth-order valence-electron chi connectivity index (χ4n) is 2.22. The standard InChI is InChI=1S/C15H10N4O/c1-2-6-16-11(4-1)12-8-10-9-20-13-5-3-7-17-15(13)14(10)19-18-12/h1-8H,9H2. The zero-order valence-electron chi connectivity index (χ0n) is 10.5. The Morgan fingerprint density at radius 3 is 2.70 bits per heavy atom. The molecular formula is C15H10N4O. The second-order valence-corrected chi connectivity index (χ2v) is 4.46. The first-order valence-corrected chi connectivity index (χ1v) is 6.28. The first-order chi connectivity index (χ1) is 9.92. The third kappa shape index (κ3) is 1.72. The largest absolute Gasteiger partial charge is 0.486 e.